The van der Waals surface area contributed by atoms with E-state index in [1.54, 1.807) is 21.8 Å². The van der Waals surface area contributed by atoms with E-state index in [0.717, 1.165) is 10.0 Å². The van der Waals surface area contributed by atoms with Crippen molar-refractivity contribution in [3.8, 4) is 5.75 Å². The highest BCUT2D eigenvalue weighted by Crippen LogP contribution is 2.33. The molecule has 2 aromatic carbocycles. The second-order valence-corrected chi connectivity index (χ2v) is 8.21. The Balaban J connectivity index is 1.44. The van der Waals surface area contributed by atoms with E-state index in [9.17, 15) is 9.59 Å². The standard InChI is InChI=1S/C23H23BrN4O3/c1-2-31-20-6-4-3-5-19(20)27-15-17(13-22(27)29)23(30)26-21-11-12-25-28(21)14-16-7-9-18(24)10-8-16/h3-12,17H,2,13-15H2,1H3,(H,26,30). The lowest BCUT2D eigenvalue weighted by molar-refractivity contribution is -0.122. The predicted octanol–water partition coefficient (Wildman–Crippen LogP) is 4.08. The first kappa shape index (κ1) is 21.1. The van der Waals surface area contributed by atoms with E-state index >= 15 is 0 Å². The summed E-state index contributed by atoms with van der Waals surface area (Å²) in [5.41, 5.74) is 1.77. The normalized spacial score (nSPS) is 15.9. The number of nitrogens with zero attached hydrogens (tertiary/aromatic N) is 3. The first-order valence-corrected chi connectivity index (χ1v) is 10.9. The number of aromatic nitrogens is 2. The second kappa shape index (κ2) is 9.34. The summed E-state index contributed by atoms with van der Waals surface area (Å²) in [4.78, 5) is 27.2. The molecule has 1 aliphatic heterocycles. The molecular formula is C23H23BrN4O3. The van der Waals surface area contributed by atoms with E-state index in [-0.39, 0.29) is 18.2 Å². The fourth-order valence-corrected chi connectivity index (χ4v) is 3.89. The summed E-state index contributed by atoms with van der Waals surface area (Å²) in [7, 11) is 0. The Labute approximate surface area is 189 Å². The number of carbonyl (C=O) groups excluding carboxylic acids is 2. The van der Waals surface area contributed by atoms with Gasteiger partial charge in [0.1, 0.15) is 11.6 Å². The van der Waals surface area contributed by atoms with Crippen LogP contribution in [0.15, 0.2) is 65.3 Å². The minimum Gasteiger partial charge on any atom is -0.492 e. The Morgan fingerprint density at radius 2 is 1.97 bits per heavy atom. The largest absolute Gasteiger partial charge is 0.492 e. The maximum atomic E-state index is 12.9. The van der Waals surface area contributed by atoms with Crippen LogP contribution < -0.4 is 15.0 Å². The van der Waals surface area contributed by atoms with E-state index in [2.05, 4.69) is 26.3 Å². The predicted molar refractivity (Wildman–Crippen MR) is 122 cm³/mol. The number of benzene rings is 2. The van der Waals surface area contributed by atoms with Crippen LogP contribution in [0.3, 0.4) is 0 Å². The Morgan fingerprint density at radius 1 is 1.19 bits per heavy atom. The van der Waals surface area contributed by atoms with Gasteiger partial charge in [-0.15, -0.1) is 0 Å². The molecule has 0 bridgehead atoms. The fourth-order valence-electron chi connectivity index (χ4n) is 3.63. The topological polar surface area (TPSA) is 76.5 Å². The third-order valence-corrected chi connectivity index (χ3v) is 5.69. The number of rotatable bonds is 7. The molecular weight excluding hydrogens is 460 g/mol. The number of hydrogen-bond acceptors (Lipinski definition) is 4. The van der Waals surface area contributed by atoms with Crippen molar-refractivity contribution < 1.29 is 14.3 Å². The maximum Gasteiger partial charge on any atom is 0.230 e. The van der Waals surface area contributed by atoms with Gasteiger partial charge in [-0.2, -0.15) is 5.10 Å². The number of carbonyl (C=O) groups is 2. The van der Waals surface area contributed by atoms with Crippen LogP contribution >= 0.6 is 15.9 Å². The minimum atomic E-state index is -0.446. The van der Waals surface area contributed by atoms with Crippen LogP contribution in [0.1, 0.15) is 18.9 Å². The van der Waals surface area contributed by atoms with E-state index < -0.39 is 5.92 Å². The van der Waals surface area contributed by atoms with Gasteiger partial charge < -0.3 is 15.0 Å². The van der Waals surface area contributed by atoms with Crippen LogP contribution in [0.2, 0.25) is 0 Å². The Morgan fingerprint density at radius 3 is 2.74 bits per heavy atom. The summed E-state index contributed by atoms with van der Waals surface area (Å²) in [5.74, 6) is 0.525. The van der Waals surface area contributed by atoms with Gasteiger partial charge in [-0.25, -0.2) is 4.68 Å². The molecule has 1 atom stereocenters. The Bertz CT molecular complexity index is 1080. The molecule has 0 saturated carbocycles. The van der Waals surface area contributed by atoms with Gasteiger partial charge in [-0.1, -0.05) is 40.2 Å². The molecule has 1 saturated heterocycles. The van der Waals surface area contributed by atoms with Crippen molar-refractivity contribution in [2.45, 2.75) is 19.9 Å². The summed E-state index contributed by atoms with van der Waals surface area (Å²) < 4.78 is 8.39. The summed E-state index contributed by atoms with van der Waals surface area (Å²) in [6.45, 7) is 3.25. The molecule has 0 radical (unpaired) electrons. The summed E-state index contributed by atoms with van der Waals surface area (Å²) >= 11 is 3.43. The quantitative estimate of drug-likeness (QED) is 0.550. The van der Waals surface area contributed by atoms with Crippen molar-refractivity contribution in [1.82, 2.24) is 9.78 Å². The van der Waals surface area contributed by atoms with Crippen LogP contribution in [-0.2, 0) is 16.1 Å². The molecule has 31 heavy (non-hydrogen) atoms. The minimum absolute atomic E-state index is 0.0873. The fraction of sp³-hybridized carbons (Fsp3) is 0.261. The molecule has 1 aliphatic rings. The monoisotopic (exact) mass is 482 g/mol. The molecule has 160 valence electrons. The van der Waals surface area contributed by atoms with Crippen molar-refractivity contribution in [3.63, 3.8) is 0 Å². The lowest BCUT2D eigenvalue weighted by Gasteiger charge is -2.20. The molecule has 7 nitrogen and oxygen atoms in total. The van der Waals surface area contributed by atoms with Gasteiger partial charge in [0.25, 0.3) is 0 Å². The first-order chi connectivity index (χ1) is 15.0. The van der Waals surface area contributed by atoms with Crippen LogP contribution in [0.4, 0.5) is 11.5 Å². The van der Waals surface area contributed by atoms with Gasteiger partial charge in [0, 0.05) is 23.5 Å². The number of anilines is 2. The lowest BCUT2D eigenvalue weighted by Crippen LogP contribution is -2.29. The van der Waals surface area contributed by atoms with Crippen molar-refractivity contribution in [1.29, 1.82) is 0 Å². The Kier molecular flexibility index (Phi) is 6.36. The van der Waals surface area contributed by atoms with Crippen molar-refractivity contribution in [3.05, 3.63) is 70.8 Å². The molecule has 4 rings (SSSR count). The average Bonchev–Trinajstić information content (AvgIpc) is 3.37. The van der Waals surface area contributed by atoms with Crippen LogP contribution in [0.5, 0.6) is 5.75 Å². The van der Waals surface area contributed by atoms with E-state index in [1.165, 1.54) is 0 Å². The number of ether oxygens (including phenoxy) is 1. The third kappa shape index (κ3) is 4.80. The highest BCUT2D eigenvalue weighted by molar-refractivity contribution is 9.10. The molecule has 0 aliphatic carbocycles. The Hall–Kier alpha value is -3.13. The summed E-state index contributed by atoms with van der Waals surface area (Å²) in [6, 6.07) is 17.1. The first-order valence-electron chi connectivity index (χ1n) is 10.1. The lowest BCUT2D eigenvalue weighted by atomic mass is 10.1. The average molecular weight is 483 g/mol. The van der Waals surface area contributed by atoms with Gasteiger partial charge in [0.05, 0.1) is 31.0 Å². The molecule has 2 heterocycles. The number of halogens is 1. The molecule has 1 N–H and O–H groups in total. The van der Waals surface area contributed by atoms with Gasteiger partial charge >= 0.3 is 0 Å². The molecule has 1 aromatic heterocycles. The molecule has 0 spiro atoms. The number of hydrogen-bond donors (Lipinski definition) is 1. The molecule has 3 aromatic rings. The number of amides is 2. The number of nitrogens with one attached hydrogen (secondary N) is 1. The van der Waals surface area contributed by atoms with Crippen molar-refractivity contribution >= 4 is 39.2 Å². The third-order valence-electron chi connectivity index (χ3n) is 5.17. The number of para-hydroxylation sites is 2. The molecule has 1 unspecified atom stereocenters. The van der Waals surface area contributed by atoms with Gasteiger partial charge in [0.2, 0.25) is 11.8 Å². The molecule has 1 fully saturated rings. The van der Waals surface area contributed by atoms with E-state index in [0.29, 0.717) is 37.0 Å². The van der Waals surface area contributed by atoms with Crippen molar-refractivity contribution in [2.24, 2.45) is 5.92 Å². The SMILES string of the molecule is CCOc1ccccc1N1CC(C(=O)Nc2ccnn2Cc2ccc(Br)cc2)CC1=O. The summed E-state index contributed by atoms with van der Waals surface area (Å²) in [5, 5.41) is 7.26. The van der Waals surface area contributed by atoms with Crippen molar-refractivity contribution in [2.75, 3.05) is 23.4 Å². The highest BCUT2D eigenvalue weighted by atomic mass is 79.9. The zero-order valence-electron chi connectivity index (χ0n) is 17.1. The van der Waals surface area contributed by atoms with Gasteiger partial charge in [0.15, 0.2) is 0 Å². The zero-order chi connectivity index (χ0) is 21.8. The summed E-state index contributed by atoms with van der Waals surface area (Å²) in [6.07, 6.45) is 1.81. The smallest absolute Gasteiger partial charge is 0.230 e. The van der Waals surface area contributed by atoms with Crippen LogP contribution in [0, 0.1) is 5.92 Å². The van der Waals surface area contributed by atoms with E-state index in [4.69, 9.17) is 4.74 Å². The van der Waals surface area contributed by atoms with Gasteiger partial charge in [-0.05, 0) is 36.8 Å². The second-order valence-electron chi connectivity index (χ2n) is 7.30. The highest BCUT2D eigenvalue weighted by Gasteiger charge is 2.36. The maximum absolute atomic E-state index is 12.9. The van der Waals surface area contributed by atoms with E-state index in [1.807, 2.05) is 55.5 Å². The molecule has 8 heteroatoms. The molecule has 2 amide bonds. The van der Waals surface area contributed by atoms with Crippen LogP contribution in [0.25, 0.3) is 0 Å². The van der Waals surface area contributed by atoms with Crippen LogP contribution in [-0.4, -0.2) is 34.7 Å². The van der Waals surface area contributed by atoms with Gasteiger partial charge in [-0.3, -0.25) is 9.59 Å². The zero-order valence-corrected chi connectivity index (χ0v) is 18.7.